The third kappa shape index (κ3) is 2.22. The molecule has 1 fully saturated rings. The molecule has 0 aromatic carbocycles. The number of carbonyl (C=O) groups is 1. The summed E-state index contributed by atoms with van der Waals surface area (Å²) in [6.45, 7) is 3.47. The van der Waals surface area contributed by atoms with Crippen molar-refractivity contribution in [2.75, 3.05) is 13.1 Å². The fourth-order valence-corrected chi connectivity index (χ4v) is 3.59. The Morgan fingerprint density at radius 3 is 2.59 bits per heavy atom. The van der Waals surface area contributed by atoms with Crippen LogP contribution in [0.2, 0.25) is 0 Å². The number of aromatic nitrogens is 1. The van der Waals surface area contributed by atoms with Crippen LogP contribution in [0.15, 0.2) is 26.2 Å². The lowest BCUT2D eigenvalue weighted by atomic mass is 10.0. The summed E-state index contributed by atoms with van der Waals surface area (Å²) in [4.78, 5) is 10.8. The van der Waals surface area contributed by atoms with E-state index in [1.807, 2.05) is 0 Å². The molecule has 1 aliphatic heterocycles. The number of sulfonamides is 1. The minimum Gasteiger partial charge on any atom is -0.481 e. The molecular weight excluding hydrogens is 312 g/mol. The molecule has 9 heteroatoms. The van der Waals surface area contributed by atoms with Crippen molar-refractivity contribution in [3.8, 4) is 11.5 Å². The van der Waals surface area contributed by atoms with Gasteiger partial charge < -0.3 is 14.0 Å². The molecule has 3 heterocycles. The van der Waals surface area contributed by atoms with E-state index in [-0.39, 0.29) is 23.9 Å². The van der Waals surface area contributed by atoms with Crippen LogP contribution in [-0.4, -0.2) is 42.0 Å². The second-order valence-electron chi connectivity index (χ2n) is 5.20. The highest BCUT2D eigenvalue weighted by molar-refractivity contribution is 7.89. The summed E-state index contributed by atoms with van der Waals surface area (Å²) >= 11 is 0. The Morgan fingerprint density at radius 1 is 1.36 bits per heavy atom. The summed E-state index contributed by atoms with van der Waals surface area (Å²) in [6, 6.07) is 2.82. The van der Waals surface area contributed by atoms with Crippen LogP contribution in [-0.2, 0) is 14.8 Å². The molecular formula is C13H14N2O6S. The molecule has 0 aliphatic carbocycles. The first-order valence-corrected chi connectivity index (χ1v) is 8.00. The standard InChI is InChI=1S/C13H14N2O6S/c1-7-8(2)14-21-12(7)10-3-4-11(20-10)22(18,19)15-5-9(6-15)13(16)17/h3-4,9H,5-6H2,1-2H3,(H,16,17). The van der Waals surface area contributed by atoms with Gasteiger partial charge >= 0.3 is 5.97 Å². The number of rotatable bonds is 4. The Morgan fingerprint density at radius 2 is 2.05 bits per heavy atom. The van der Waals surface area contributed by atoms with Crippen molar-refractivity contribution < 1.29 is 27.3 Å². The number of furan rings is 1. The SMILES string of the molecule is Cc1noc(-c2ccc(S(=O)(=O)N3CC(C(=O)O)C3)o2)c1C. The minimum absolute atomic E-state index is 0.0475. The number of hydrogen-bond donors (Lipinski definition) is 1. The van der Waals surface area contributed by atoms with Crippen molar-refractivity contribution in [2.45, 2.75) is 18.9 Å². The average molecular weight is 326 g/mol. The van der Waals surface area contributed by atoms with Crippen molar-refractivity contribution >= 4 is 16.0 Å². The fraction of sp³-hybridized carbons (Fsp3) is 0.385. The van der Waals surface area contributed by atoms with Gasteiger partial charge in [-0.1, -0.05) is 5.16 Å². The number of carboxylic acid groups (broad SMARTS) is 1. The molecule has 8 nitrogen and oxygen atoms in total. The molecule has 3 rings (SSSR count). The summed E-state index contributed by atoms with van der Waals surface area (Å²) in [5.41, 5.74) is 1.47. The van der Waals surface area contributed by atoms with Crippen molar-refractivity contribution in [3.05, 3.63) is 23.4 Å². The predicted octanol–water partition coefficient (Wildman–Crippen LogP) is 1.26. The van der Waals surface area contributed by atoms with Crippen molar-refractivity contribution in [2.24, 2.45) is 5.92 Å². The molecule has 0 atom stereocenters. The molecule has 2 aromatic rings. The van der Waals surface area contributed by atoms with Crippen molar-refractivity contribution in [3.63, 3.8) is 0 Å². The van der Waals surface area contributed by atoms with Gasteiger partial charge in [0.1, 0.15) is 0 Å². The molecule has 2 aromatic heterocycles. The first-order valence-electron chi connectivity index (χ1n) is 6.56. The zero-order valence-electron chi connectivity index (χ0n) is 11.9. The van der Waals surface area contributed by atoms with Gasteiger partial charge in [-0.05, 0) is 26.0 Å². The number of aryl methyl sites for hydroxylation is 1. The second-order valence-corrected chi connectivity index (χ2v) is 7.07. The van der Waals surface area contributed by atoms with E-state index in [1.165, 1.54) is 12.1 Å². The van der Waals surface area contributed by atoms with E-state index in [1.54, 1.807) is 13.8 Å². The molecule has 0 radical (unpaired) electrons. The lowest BCUT2D eigenvalue weighted by Gasteiger charge is -2.34. The quantitative estimate of drug-likeness (QED) is 0.899. The Bertz CT molecular complexity index is 829. The van der Waals surface area contributed by atoms with Crippen LogP contribution in [0, 0.1) is 19.8 Å². The Labute approximate surface area is 126 Å². The third-order valence-electron chi connectivity index (χ3n) is 3.75. The number of aliphatic carboxylic acids is 1. The number of carboxylic acids is 1. The monoisotopic (exact) mass is 326 g/mol. The van der Waals surface area contributed by atoms with Gasteiger partial charge in [-0.15, -0.1) is 0 Å². The summed E-state index contributed by atoms with van der Waals surface area (Å²) in [5, 5.41) is 12.4. The summed E-state index contributed by atoms with van der Waals surface area (Å²) in [5.74, 6) is -1.01. The van der Waals surface area contributed by atoms with E-state index in [0.29, 0.717) is 11.5 Å². The normalized spacial score (nSPS) is 16.6. The first kappa shape index (κ1) is 14.8. The summed E-state index contributed by atoms with van der Waals surface area (Å²) in [7, 11) is -3.82. The second kappa shape index (κ2) is 4.96. The van der Waals surface area contributed by atoms with Gasteiger partial charge in [0.15, 0.2) is 5.76 Å². The maximum Gasteiger partial charge on any atom is 0.309 e. The highest BCUT2D eigenvalue weighted by Gasteiger charge is 2.42. The van der Waals surface area contributed by atoms with E-state index < -0.39 is 21.9 Å². The van der Waals surface area contributed by atoms with Crippen LogP contribution < -0.4 is 0 Å². The topological polar surface area (TPSA) is 114 Å². The van der Waals surface area contributed by atoms with E-state index in [9.17, 15) is 13.2 Å². The summed E-state index contributed by atoms with van der Waals surface area (Å²) in [6.07, 6.45) is 0. The maximum absolute atomic E-state index is 12.3. The molecule has 1 saturated heterocycles. The minimum atomic E-state index is -3.82. The first-order chi connectivity index (χ1) is 10.3. The average Bonchev–Trinajstić information content (AvgIpc) is 2.96. The lowest BCUT2D eigenvalue weighted by molar-refractivity contribution is -0.145. The van der Waals surface area contributed by atoms with Gasteiger partial charge in [0, 0.05) is 18.7 Å². The van der Waals surface area contributed by atoms with Gasteiger partial charge in [0.2, 0.25) is 10.9 Å². The number of nitrogens with zero attached hydrogens (tertiary/aromatic N) is 2. The van der Waals surface area contributed by atoms with Crippen molar-refractivity contribution in [1.29, 1.82) is 0 Å². The Hall–Kier alpha value is -2.13. The summed E-state index contributed by atoms with van der Waals surface area (Å²) < 4.78 is 36.2. The van der Waals surface area contributed by atoms with Gasteiger partial charge in [-0.3, -0.25) is 4.79 Å². The van der Waals surface area contributed by atoms with Crippen molar-refractivity contribution in [1.82, 2.24) is 9.46 Å². The van der Waals surface area contributed by atoms with Crippen LogP contribution in [0.4, 0.5) is 0 Å². The number of hydrogen-bond acceptors (Lipinski definition) is 6. The lowest BCUT2D eigenvalue weighted by Crippen LogP contribution is -2.52. The Kier molecular flexibility index (Phi) is 3.33. The molecule has 0 amide bonds. The Balaban J connectivity index is 1.85. The van der Waals surface area contributed by atoms with E-state index in [0.717, 1.165) is 9.87 Å². The molecule has 0 bridgehead atoms. The smallest absolute Gasteiger partial charge is 0.309 e. The third-order valence-corrected chi connectivity index (χ3v) is 5.46. The maximum atomic E-state index is 12.3. The van der Waals surface area contributed by atoms with Crippen LogP contribution in [0.1, 0.15) is 11.3 Å². The van der Waals surface area contributed by atoms with Gasteiger partial charge in [-0.2, -0.15) is 4.31 Å². The molecule has 0 saturated carbocycles. The van der Waals surface area contributed by atoms with Crippen LogP contribution in [0.5, 0.6) is 0 Å². The van der Waals surface area contributed by atoms with E-state index in [2.05, 4.69) is 5.16 Å². The van der Waals surface area contributed by atoms with Gasteiger partial charge in [0.05, 0.1) is 11.6 Å². The predicted molar refractivity (Wildman–Crippen MR) is 73.6 cm³/mol. The highest BCUT2D eigenvalue weighted by Crippen LogP contribution is 2.31. The largest absolute Gasteiger partial charge is 0.481 e. The van der Waals surface area contributed by atoms with Crippen LogP contribution >= 0.6 is 0 Å². The van der Waals surface area contributed by atoms with Gasteiger partial charge in [-0.25, -0.2) is 8.42 Å². The zero-order valence-corrected chi connectivity index (χ0v) is 12.8. The van der Waals surface area contributed by atoms with Crippen LogP contribution in [0.25, 0.3) is 11.5 Å². The molecule has 1 aliphatic rings. The van der Waals surface area contributed by atoms with E-state index in [4.69, 9.17) is 14.0 Å². The van der Waals surface area contributed by atoms with E-state index >= 15 is 0 Å². The molecule has 0 spiro atoms. The van der Waals surface area contributed by atoms with Crippen LogP contribution in [0.3, 0.4) is 0 Å². The molecule has 0 unspecified atom stereocenters. The fourth-order valence-electron chi connectivity index (χ4n) is 2.14. The zero-order chi connectivity index (χ0) is 16.1. The molecule has 22 heavy (non-hydrogen) atoms. The molecule has 1 N–H and O–H groups in total. The van der Waals surface area contributed by atoms with Gasteiger partial charge in [0.25, 0.3) is 10.0 Å². The highest BCUT2D eigenvalue weighted by atomic mass is 32.2. The molecule has 118 valence electrons.